The van der Waals surface area contributed by atoms with Crippen molar-refractivity contribution in [3.63, 3.8) is 0 Å². The molecule has 0 fully saturated rings. The monoisotopic (exact) mass is 938 g/mol. The van der Waals surface area contributed by atoms with Gasteiger partial charge in [-0.05, 0) is 46.5 Å². The standard InChI is InChI=1S/C68H38N6/c69-39-55-65(71-57-28-12-7-23-47(57)48-24-8-13-29-58(48)71)56(40-70)67(73-60-31-15-10-26-50(60)53-37-34-42-18-2-5-21-45(42)63(53)73)68(74-61-32-16-11-27-51(61)54-38-35-43-19-3-6-22-46(43)64(54)74)66(55)72-59-30-14-9-25-49(59)52-36-33-41-17-1-4-20-44(41)62(52)72/h1-38H. The molecular weight excluding hydrogens is 901 g/mol. The maximum atomic E-state index is 12.6. The van der Waals surface area contributed by atoms with Gasteiger partial charge in [0.1, 0.15) is 23.3 Å². The zero-order valence-electron chi connectivity index (χ0n) is 39.6. The third-order valence-corrected chi connectivity index (χ3v) is 15.8. The Morgan fingerprint density at radius 1 is 0.216 bits per heavy atom. The van der Waals surface area contributed by atoms with Crippen molar-refractivity contribution in [3.8, 4) is 34.9 Å². The summed E-state index contributed by atoms with van der Waals surface area (Å²) in [5.74, 6) is 0. The van der Waals surface area contributed by atoms with Crippen molar-refractivity contribution in [2.45, 2.75) is 0 Å². The lowest BCUT2D eigenvalue weighted by Crippen LogP contribution is -2.17. The van der Waals surface area contributed by atoms with Crippen LogP contribution in [0.5, 0.6) is 0 Å². The quantitative estimate of drug-likeness (QED) is 0.176. The average molecular weight is 939 g/mol. The lowest BCUT2D eigenvalue weighted by molar-refractivity contribution is 1.02. The molecule has 74 heavy (non-hydrogen) atoms. The van der Waals surface area contributed by atoms with Gasteiger partial charge >= 0.3 is 0 Å². The first-order valence-electron chi connectivity index (χ1n) is 25.0. The highest BCUT2D eigenvalue weighted by Crippen LogP contribution is 2.50. The molecule has 6 nitrogen and oxygen atoms in total. The van der Waals surface area contributed by atoms with Gasteiger partial charge in [-0.2, -0.15) is 10.5 Å². The fraction of sp³-hybridized carbons (Fsp3) is 0. The van der Waals surface area contributed by atoms with Crippen molar-refractivity contribution in [1.29, 1.82) is 10.5 Å². The molecule has 0 aliphatic heterocycles. The van der Waals surface area contributed by atoms with Gasteiger partial charge < -0.3 is 18.3 Å². The van der Waals surface area contributed by atoms with E-state index < -0.39 is 0 Å². The summed E-state index contributed by atoms with van der Waals surface area (Å²) in [6.07, 6.45) is 0. The van der Waals surface area contributed by atoms with Crippen LogP contribution in [0.4, 0.5) is 0 Å². The largest absolute Gasteiger partial charge is 0.306 e. The van der Waals surface area contributed by atoms with Crippen LogP contribution in [0, 0.1) is 22.7 Å². The third-order valence-electron chi connectivity index (χ3n) is 15.8. The van der Waals surface area contributed by atoms with E-state index in [1.54, 1.807) is 0 Å². The minimum absolute atomic E-state index is 0.374. The molecule has 340 valence electrons. The highest BCUT2D eigenvalue weighted by molar-refractivity contribution is 6.23. The molecule has 0 unspecified atom stereocenters. The van der Waals surface area contributed by atoms with Crippen molar-refractivity contribution in [2.75, 3.05) is 0 Å². The fourth-order valence-corrected chi connectivity index (χ4v) is 12.8. The predicted octanol–water partition coefficient (Wildman–Crippen LogP) is 17.3. The highest BCUT2D eigenvalue weighted by atomic mass is 15.1. The van der Waals surface area contributed by atoms with Crippen LogP contribution in [0.3, 0.4) is 0 Å². The molecule has 4 aromatic heterocycles. The van der Waals surface area contributed by atoms with E-state index in [0.29, 0.717) is 28.2 Å². The van der Waals surface area contributed by atoms with E-state index in [4.69, 9.17) is 0 Å². The number of fused-ring (bicyclic) bond motifs is 18. The molecule has 0 spiro atoms. The summed E-state index contributed by atoms with van der Waals surface area (Å²) in [7, 11) is 0. The van der Waals surface area contributed by atoms with Crippen LogP contribution in [0.15, 0.2) is 231 Å². The molecule has 16 rings (SSSR count). The van der Waals surface area contributed by atoms with E-state index in [-0.39, 0.29) is 0 Å². The summed E-state index contributed by atoms with van der Waals surface area (Å²) in [5.41, 5.74) is 10.9. The number of aromatic nitrogens is 4. The van der Waals surface area contributed by atoms with Crippen molar-refractivity contribution in [2.24, 2.45) is 0 Å². The maximum absolute atomic E-state index is 12.6. The normalized spacial score (nSPS) is 12.0. The van der Waals surface area contributed by atoms with Crippen molar-refractivity contribution in [3.05, 3.63) is 242 Å². The topological polar surface area (TPSA) is 67.3 Å². The molecule has 0 amide bonds. The molecule has 0 atom stereocenters. The first-order chi connectivity index (χ1) is 36.7. The molecule has 0 N–H and O–H groups in total. The number of hydrogen-bond donors (Lipinski definition) is 0. The summed E-state index contributed by atoms with van der Waals surface area (Å²) < 4.78 is 9.31. The first kappa shape index (κ1) is 40.3. The van der Waals surface area contributed by atoms with Crippen LogP contribution in [-0.4, -0.2) is 18.3 Å². The highest BCUT2D eigenvalue weighted by Gasteiger charge is 2.35. The van der Waals surface area contributed by atoms with Gasteiger partial charge in [0.25, 0.3) is 0 Å². The van der Waals surface area contributed by atoms with E-state index in [1.165, 1.54) is 0 Å². The van der Waals surface area contributed by atoms with Gasteiger partial charge in [0.15, 0.2) is 0 Å². The molecule has 0 aliphatic rings. The number of nitrogens with zero attached hydrogens (tertiary/aromatic N) is 6. The maximum Gasteiger partial charge on any atom is 0.104 e. The molecule has 6 heteroatoms. The lowest BCUT2D eigenvalue weighted by atomic mass is 9.98. The molecule has 0 saturated carbocycles. The van der Waals surface area contributed by atoms with Crippen molar-refractivity contribution >= 4 is 120 Å². The molecule has 12 aromatic carbocycles. The number of nitriles is 2. The molecule has 0 saturated heterocycles. The SMILES string of the molecule is N#Cc1c(-n2c3ccccc3c3ccccc32)c(C#N)c(-n2c3ccccc3c3ccc4ccccc4c32)c(-n2c3ccccc3c3ccc4ccccc4c32)c1-n1c2ccccc2c2ccc3ccccc3c21. The van der Waals surface area contributed by atoms with E-state index in [0.717, 1.165) is 125 Å². The van der Waals surface area contributed by atoms with Crippen LogP contribution in [0.2, 0.25) is 0 Å². The van der Waals surface area contributed by atoms with E-state index >= 15 is 0 Å². The lowest BCUT2D eigenvalue weighted by Gasteiger charge is -2.27. The molecule has 16 aromatic rings. The molecule has 0 aliphatic carbocycles. The Morgan fingerprint density at radius 3 is 0.797 bits per heavy atom. The molecular formula is C68H38N6. The molecule has 0 radical (unpaired) electrons. The number of hydrogen-bond acceptors (Lipinski definition) is 2. The fourth-order valence-electron chi connectivity index (χ4n) is 12.8. The van der Waals surface area contributed by atoms with Crippen molar-refractivity contribution < 1.29 is 0 Å². The van der Waals surface area contributed by atoms with Crippen LogP contribution < -0.4 is 0 Å². The van der Waals surface area contributed by atoms with E-state index in [9.17, 15) is 10.5 Å². The Bertz CT molecular complexity index is 4990. The van der Waals surface area contributed by atoms with Gasteiger partial charge in [0, 0.05) is 59.2 Å². The molecule has 0 bridgehead atoms. The van der Waals surface area contributed by atoms with Crippen LogP contribution >= 0.6 is 0 Å². The van der Waals surface area contributed by atoms with E-state index in [1.807, 2.05) is 12.1 Å². The zero-order chi connectivity index (χ0) is 48.8. The van der Waals surface area contributed by atoms with Gasteiger partial charge in [0.05, 0.1) is 66.9 Å². The average Bonchev–Trinajstić information content (AvgIpc) is 4.20. The predicted molar refractivity (Wildman–Crippen MR) is 306 cm³/mol. The second-order valence-electron chi connectivity index (χ2n) is 19.3. The summed E-state index contributed by atoms with van der Waals surface area (Å²) in [5, 5.41) is 40.1. The Kier molecular flexibility index (Phi) is 8.21. The first-order valence-corrected chi connectivity index (χ1v) is 25.0. The van der Waals surface area contributed by atoms with Gasteiger partial charge in [-0.15, -0.1) is 0 Å². The minimum Gasteiger partial charge on any atom is -0.306 e. The second-order valence-corrected chi connectivity index (χ2v) is 19.3. The minimum atomic E-state index is 0.374. The van der Waals surface area contributed by atoms with Gasteiger partial charge in [-0.1, -0.05) is 200 Å². The van der Waals surface area contributed by atoms with Crippen LogP contribution in [-0.2, 0) is 0 Å². The zero-order valence-corrected chi connectivity index (χ0v) is 39.6. The van der Waals surface area contributed by atoms with Crippen LogP contribution in [0.25, 0.3) is 142 Å². The summed E-state index contributed by atoms with van der Waals surface area (Å²) in [6.45, 7) is 0. The van der Waals surface area contributed by atoms with Gasteiger partial charge in [-0.3, -0.25) is 0 Å². The number of rotatable bonds is 4. The Morgan fingerprint density at radius 2 is 0.473 bits per heavy atom. The van der Waals surface area contributed by atoms with Gasteiger partial charge in [0.2, 0.25) is 0 Å². The Labute approximate surface area is 422 Å². The number of para-hydroxylation sites is 5. The Balaban J connectivity index is 1.29. The third kappa shape index (κ3) is 5.20. The Hall–Kier alpha value is -10.4. The summed E-state index contributed by atoms with van der Waals surface area (Å²) >= 11 is 0. The summed E-state index contributed by atoms with van der Waals surface area (Å²) in [4.78, 5) is 0. The number of benzene rings is 12. The molecule has 4 heterocycles. The van der Waals surface area contributed by atoms with Crippen LogP contribution in [0.1, 0.15) is 11.1 Å². The van der Waals surface area contributed by atoms with Crippen molar-refractivity contribution in [1.82, 2.24) is 18.3 Å². The van der Waals surface area contributed by atoms with E-state index in [2.05, 4.69) is 249 Å². The smallest absolute Gasteiger partial charge is 0.104 e. The summed E-state index contributed by atoms with van der Waals surface area (Å²) in [6, 6.07) is 87.3. The van der Waals surface area contributed by atoms with Gasteiger partial charge in [-0.25, -0.2) is 0 Å². The second kappa shape index (κ2) is 15.1.